The Morgan fingerprint density at radius 1 is 0.962 bits per heavy atom. The van der Waals surface area contributed by atoms with Gasteiger partial charge in [-0.3, -0.25) is 4.79 Å². The lowest BCUT2D eigenvalue weighted by Crippen LogP contribution is -2.13. The average Bonchev–Trinajstić information content (AvgIpc) is 2.95. The maximum Gasteiger partial charge on any atom is 0.202 e. The van der Waals surface area contributed by atoms with Crippen LogP contribution in [0.2, 0.25) is 0 Å². The molecule has 0 atom stereocenters. The van der Waals surface area contributed by atoms with Crippen LogP contribution in [0.4, 0.5) is 0 Å². The van der Waals surface area contributed by atoms with Crippen molar-refractivity contribution < 1.29 is 9.53 Å². The molecule has 0 spiro atoms. The van der Waals surface area contributed by atoms with Crippen LogP contribution in [0.1, 0.15) is 41.6 Å². The Morgan fingerprint density at radius 3 is 2.15 bits per heavy atom. The van der Waals surface area contributed by atoms with Gasteiger partial charge >= 0.3 is 0 Å². The molecular formula is C23H25NO2. The molecule has 1 heterocycles. The molecule has 0 N–H and O–H groups in total. The highest BCUT2D eigenvalue weighted by molar-refractivity contribution is 5.98. The van der Waals surface area contributed by atoms with Crippen LogP contribution in [-0.2, 0) is 0 Å². The normalized spacial score (nSPS) is 11.0. The Bertz CT molecular complexity index is 890. The van der Waals surface area contributed by atoms with Gasteiger partial charge in [0, 0.05) is 23.0 Å². The van der Waals surface area contributed by atoms with Gasteiger partial charge in [0.1, 0.15) is 5.75 Å². The number of benzene rings is 2. The lowest BCUT2D eigenvalue weighted by molar-refractivity contribution is 0.0921. The molecule has 0 fully saturated rings. The highest BCUT2D eigenvalue weighted by Gasteiger charge is 2.17. The molecule has 0 aliphatic heterocycles. The van der Waals surface area contributed by atoms with E-state index < -0.39 is 0 Å². The first-order valence-corrected chi connectivity index (χ1v) is 8.97. The Morgan fingerprint density at radius 2 is 1.58 bits per heavy atom. The van der Waals surface area contributed by atoms with E-state index in [1.807, 2.05) is 62.4 Å². The summed E-state index contributed by atoms with van der Waals surface area (Å²) in [5.41, 5.74) is 5.15. The van der Waals surface area contributed by atoms with Gasteiger partial charge in [-0.05, 0) is 57.0 Å². The predicted molar refractivity (Wildman–Crippen MR) is 106 cm³/mol. The number of rotatable bonds is 6. The van der Waals surface area contributed by atoms with Crippen molar-refractivity contribution in [1.82, 2.24) is 4.57 Å². The van der Waals surface area contributed by atoms with Crippen molar-refractivity contribution in [3.63, 3.8) is 0 Å². The van der Waals surface area contributed by atoms with Gasteiger partial charge in [0.05, 0.1) is 0 Å². The van der Waals surface area contributed by atoms with Crippen molar-refractivity contribution >= 4 is 5.78 Å². The van der Waals surface area contributed by atoms with Crippen LogP contribution in [-0.4, -0.2) is 17.0 Å². The smallest absolute Gasteiger partial charge is 0.202 e. The SMILES string of the molecule is Cc1cc(C(=O)COc2ccc(-c3ccccc3)cc2)c(C)n1C(C)C. The van der Waals surface area contributed by atoms with Crippen molar-refractivity contribution in [2.45, 2.75) is 33.7 Å². The van der Waals surface area contributed by atoms with Crippen LogP contribution in [0.25, 0.3) is 11.1 Å². The molecule has 3 nitrogen and oxygen atoms in total. The number of aryl methyl sites for hydroxylation is 1. The molecule has 3 heteroatoms. The van der Waals surface area contributed by atoms with Crippen molar-refractivity contribution in [3.8, 4) is 16.9 Å². The van der Waals surface area contributed by atoms with Gasteiger partial charge in [-0.1, -0.05) is 42.5 Å². The number of hydrogen-bond donors (Lipinski definition) is 0. The standard InChI is InChI=1S/C23H25NO2/c1-16(2)24-17(3)14-22(18(24)4)23(25)15-26-21-12-10-20(11-13-21)19-8-6-5-7-9-19/h5-14,16H,15H2,1-4H3. The second kappa shape index (κ2) is 7.61. The van der Waals surface area contributed by atoms with E-state index in [0.717, 1.165) is 28.1 Å². The summed E-state index contributed by atoms with van der Waals surface area (Å²) in [6.45, 7) is 8.33. The monoisotopic (exact) mass is 347 g/mol. The van der Waals surface area contributed by atoms with Crippen molar-refractivity contribution in [2.24, 2.45) is 0 Å². The number of ether oxygens (including phenoxy) is 1. The van der Waals surface area contributed by atoms with E-state index in [2.05, 4.69) is 30.5 Å². The van der Waals surface area contributed by atoms with Crippen LogP contribution < -0.4 is 4.74 Å². The van der Waals surface area contributed by atoms with Gasteiger partial charge in [-0.15, -0.1) is 0 Å². The minimum atomic E-state index is 0.0112. The Balaban J connectivity index is 1.68. The van der Waals surface area contributed by atoms with Crippen molar-refractivity contribution in [1.29, 1.82) is 0 Å². The van der Waals surface area contributed by atoms with E-state index in [1.54, 1.807) is 0 Å². The Labute approximate surface area is 155 Å². The maximum absolute atomic E-state index is 12.6. The van der Waals surface area contributed by atoms with E-state index in [-0.39, 0.29) is 12.4 Å². The lowest BCUT2D eigenvalue weighted by atomic mass is 10.1. The Kier molecular flexibility index (Phi) is 5.27. The molecule has 0 saturated carbocycles. The highest BCUT2D eigenvalue weighted by atomic mass is 16.5. The lowest BCUT2D eigenvalue weighted by Gasteiger charge is -2.13. The third-order valence-electron chi connectivity index (χ3n) is 4.63. The largest absolute Gasteiger partial charge is 0.485 e. The summed E-state index contributed by atoms with van der Waals surface area (Å²) >= 11 is 0. The molecule has 0 aliphatic carbocycles. The van der Waals surface area contributed by atoms with Crippen molar-refractivity contribution in [3.05, 3.63) is 77.6 Å². The van der Waals surface area contributed by atoms with E-state index >= 15 is 0 Å². The van der Waals surface area contributed by atoms with E-state index in [1.165, 1.54) is 0 Å². The molecule has 3 rings (SSSR count). The molecule has 134 valence electrons. The number of nitrogens with zero attached hydrogens (tertiary/aromatic N) is 1. The molecule has 3 aromatic rings. The van der Waals surface area contributed by atoms with Crippen molar-refractivity contribution in [2.75, 3.05) is 6.61 Å². The summed E-state index contributed by atoms with van der Waals surface area (Å²) in [5, 5.41) is 0. The molecule has 0 saturated heterocycles. The zero-order valence-electron chi connectivity index (χ0n) is 15.8. The zero-order chi connectivity index (χ0) is 18.7. The molecule has 0 radical (unpaired) electrons. The van der Waals surface area contributed by atoms with Crippen LogP contribution in [0.3, 0.4) is 0 Å². The molecule has 0 aliphatic rings. The van der Waals surface area contributed by atoms with Crippen LogP contribution in [0.5, 0.6) is 5.75 Å². The minimum Gasteiger partial charge on any atom is -0.485 e. The first-order chi connectivity index (χ1) is 12.5. The number of hydrogen-bond acceptors (Lipinski definition) is 2. The third kappa shape index (κ3) is 3.72. The zero-order valence-corrected chi connectivity index (χ0v) is 15.8. The molecule has 26 heavy (non-hydrogen) atoms. The van der Waals surface area contributed by atoms with Gasteiger partial charge in [-0.2, -0.15) is 0 Å². The number of carbonyl (C=O) groups is 1. The van der Waals surface area contributed by atoms with Gasteiger partial charge < -0.3 is 9.30 Å². The third-order valence-corrected chi connectivity index (χ3v) is 4.63. The topological polar surface area (TPSA) is 31.2 Å². The van der Waals surface area contributed by atoms with Gasteiger partial charge in [-0.25, -0.2) is 0 Å². The fourth-order valence-electron chi connectivity index (χ4n) is 3.45. The fourth-order valence-corrected chi connectivity index (χ4v) is 3.45. The van der Waals surface area contributed by atoms with E-state index in [0.29, 0.717) is 11.8 Å². The van der Waals surface area contributed by atoms with E-state index in [4.69, 9.17) is 4.74 Å². The summed E-state index contributed by atoms with van der Waals surface area (Å²) in [6, 6.07) is 20.3. The van der Waals surface area contributed by atoms with Gasteiger partial charge in [0.15, 0.2) is 6.61 Å². The molecular weight excluding hydrogens is 322 g/mol. The van der Waals surface area contributed by atoms with Gasteiger partial charge in [0.25, 0.3) is 0 Å². The molecule has 2 aromatic carbocycles. The van der Waals surface area contributed by atoms with Crippen LogP contribution in [0, 0.1) is 13.8 Å². The number of ketones is 1. The molecule has 1 aromatic heterocycles. The van der Waals surface area contributed by atoms with E-state index in [9.17, 15) is 4.79 Å². The van der Waals surface area contributed by atoms with Crippen LogP contribution in [0.15, 0.2) is 60.7 Å². The van der Waals surface area contributed by atoms with Gasteiger partial charge in [0.2, 0.25) is 5.78 Å². The molecule has 0 amide bonds. The second-order valence-electron chi connectivity index (χ2n) is 6.85. The summed E-state index contributed by atoms with van der Waals surface area (Å²) < 4.78 is 7.90. The first kappa shape index (κ1) is 18.0. The second-order valence-corrected chi connectivity index (χ2v) is 6.85. The molecule has 0 bridgehead atoms. The van der Waals surface area contributed by atoms with Crippen LogP contribution >= 0.6 is 0 Å². The summed E-state index contributed by atoms with van der Waals surface area (Å²) in [5.74, 6) is 0.716. The quantitative estimate of drug-likeness (QED) is 0.542. The first-order valence-electron chi connectivity index (χ1n) is 8.97. The number of aromatic nitrogens is 1. The minimum absolute atomic E-state index is 0.0112. The number of Topliss-reactive ketones (excluding diaryl/α,β-unsaturated/α-hetero) is 1. The Hall–Kier alpha value is -2.81. The highest BCUT2D eigenvalue weighted by Crippen LogP contribution is 2.23. The predicted octanol–water partition coefficient (Wildman–Crippen LogP) is 5.61. The summed E-state index contributed by atoms with van der Waals surface area (Å²) in [6.07, 6.45) is 0. The number of carbonyl (C=O) groups excluding carboxylic acids is 1. The maximum atomic E-state index is 12.6. The molecule has 0 unspecified atom stereocenters. The average molecular weight is 347 g/mol. The summed E-state index contributed by atoms with van der Waals surface area (Å²) in [4.78, 5) is 12.6. The fraction of sp³-hybridized carbons (Fsp3) is 0.261. The summed E-state index contributed by atoms with van der Waals surface area (Å²) in [7, 11) is 0.